The van der Waals surface area contributed by atoms with E-state index in [1.165, 1.54) is 12.1 Å². The van der Waals surface area contributed by atoms with Gasteiger partial charge >= 0.3 is 0 Å². The summed E-state index contributed by atoms with van der Waals surface area (Å²) in [6.07, 6.45) is -2.42. The summed E-state index contributed by atoms with van der Waals surface area (Å²) in [6, 6.07) is 14.1. The fourth-order valence-corrected chi connectivity index (χ4v) is 1.91. The van der Waals surface area contributed by atoms with Crippen LogP contribution in [0.25, 0.3) is 11.1 Å². The Balaban J connectivity index is 2.25. The number of halogens is 3. The Morgan fingerprint density at radius 2 is 1.17 bits per heavy atom. The number of rotatable bonds is 3. The van der Waals surface area contributed by atoms with Gasteiger partial charge in [-0.3, -0.25) is 0 Å². The average Bonchev–Trinajstić information content (AvgIpc) is 2.39. The number of hydrogen-bond donors (Lipinski definition) is 0. The van der Waals surface area contributed by atoms with Crippen LogP contribution in [0.15, 0.2) is 48.5 Å². The van der Waals surface area contributed by atoms with Crippen molar-refractivity contribution >= 4 is 11.6 Å². The zero-order chi connectivity index (χ0) is 13.1. The molecule has 0 aliphatic carbocycles. The molecule has 0 fully saturated rings. The minimum absolute atomic E-state index is 0.0275. The molecule has 18 heavy (non-hydrogen) atoms. The predicted octanol–water partition coefficient (Wildman–Crippen LogP) is 5.59. The molecular formula is C15H13ClF2. The molecular weight excluding hydrogens is 254 g/mol. The molecule has 0 spiro atoms. The molecule has 0 aliphatic rings. The van der Waals surface area contributed by atoms with Crippen LogP contribution in [-0.4, -0.2) is 0 Å². The van der Waals surface area contributed by atoms with E-state index in [1.807, 2.05) is 31.2 Å². The first-order valence-electron chi connectivity index (χ1n) is 5.70. The van der Waals surface area contributed by atoms with E-state index in [9.17, 15) is 8.78 Å². The van der Waals surface area contributed by atoms with E-state index in [0.717, 1.165) is 16.7 Å². The van der Waals surface area contributed by atoms with Crippen molar-refractivity contribution in [1.82, 2.24) is 0 Å². The van der Waals surface area contributed by atoms with Crippen molar-refractivity contribution in [3.05, 3.63) is 59.7 Å². The van der Waals surface area contributed by atoms with Crippen molar-refractivity contribution in [3.63, 3.8) is 0 Å². The number of hydrogen-bond acceptors (Lipinski definition) is 0. The smallest absolute Gasteiger partial charge is 0.205 e. The molecule has 2 rings (SSSR count). The summed E-state index contributed by atoms with van der Waals surface area (Å²) in [5.41, 5.74) is 3.01. The van der Waals surface area contributed by atoms with Crippen LogP contribution >= 0.6 is 11.6 Å². The van der Waals surface area contributed by atoms with Gasteiger partial charge in [0.15, 0.2) is 0 Å². The Hall–Kier alpha value is -1.41. The topological polar surface area (TPSA) is 0 Å². The highest BCUT2D eigenvalue weighted by Crippen LogP contribution is 2.26. The van der Waals surface area contributed by atoms with Gasteiger partial charge in [0.05, 0.1) is 5.38 Å². The van der Waals surface area contributed by atoms with Gasteiger partial charge in [0.1, 0.15) is 0 Å². The molecule has 94 valence electrons. The van der Waals surface area contributed by atoms with E-state index in [0.29, 0.717) is 0 Å². The van der Waals surface area contributed by atoms with Crippen LogP contribution < -0.4 is 0 Å². The third kappa shape index (κ3) is 2.88. The summed E-state index contributed by atoms with van der Waals surface area (Å²) >= 11 is 5.97. The maximum absolute atomic E-state index is 12.4. The lowest BCUT2D eigenvalue weighted by Gasteiger charge is -2.07. The second-order valence-corrected chi connectivity index (χ2v) is 4.82. The van der Waals surface area contributed by atoms with E-state index in [4.69, 9.17) is 11.6 Å². The summed E-state index contributed by atoms with van der Waals surface area (Å²) < 4.78 is 24.9. The lowest BCUT2D eigenvalue weighted by atomic mass is 10.0. The van der Waals surface area contributed by atoms with Gasteiger partial charge in [0, 0.05) is 5.56 Å². The summed E-state index contributed by atoms with van der Waals surface area (Å²) in [5, 5.41) is -0.0275. The predicted molar refractivity (Wildman–Crippen MR) is 71.1 cm³/mol. The monoisotopic (exact) mass is 266 g/mol. The fraction of sp³-hybridized carbons (Fsp3) is 0.200. The van der Waals surface area contributed by atoms with Crippen LogP contribution in [0.1, 0.15) is 29.9 Å². The molecule has 1 unspecified atom stereocenters. The first-order chi connectivity index (χ1) is 8.58. The summed E-state index contributed by atoms with van der Waals surface area (Å²) in [7, 11) is 0. The van der Waals surface area contributed by atoms with Crippen molar-refractivity contribution in [3.8, 4) is 11.1 Å². The van der Waals surface area contributed by atoms with Gasteiger partial charge in [0.25, 0.3) is 6.43 Å². The Morgan fingerprint density at radius 1 is 0.778 bits per heavy atom. The van der Waals surface area contributed by atoms with E-state index < -0.39 is 6.43 Å². The molecule has 0 nitrogen and oxygen atoms in total. The van der Waals surface area contributed by atoms with E-state index >= 15 is 0 Å². The third-order valence-electron chi connectivity index (χ3n) is 2.87. The average molecular weight is 267 g/mol. The Kier molecular flexibility index (Phi) is 3.97. The number of benzene rings is 2. The SMILES string of the molecule is CC(Cl)c1ccc(-c2ccc(C(F)F)cc2)cc1. The molecule has 0 bridgehead atoms. The minimum Gasteiger partial charge on any atom is -0.205 e. The van der Waals surface area contributed by atoms with Crippen molar-refractivity contribution in [2.24, 2.45) is 0 Å². The Labute approximate surface area is 110 Å². The molecule has 0 N–H and O–H groups in total. The van der Waals surface area contributed by atoms with Crippen molar-refractivity contribution in [2.75, 3.05) is 0 Å². The van der Waals surface area contributed by atoms with Gasteiger partial charge in [-0.15, -0.1) is 11.6 Å². The van der Waals surface area contributed by atoms with Crippen molar-refractivity contribution < 1.29 is 8.78 Å². The molecule has 0 heterocycles. The number of alkyl halides is 3. The lowest BCUT2D eigenvalue weighted by Crippen LogP contribution is -1.86. The van der Waals surface area contributed by atoms with Crippen LogP contribution in [0.3, 0.4) is 0 Å². The second kappa shape index (κ2) is 5.49. The van der Waals surface area contributed by atoms with E-state index in [2.05, 4.69) is 0 Å². The quantitative estimate of drug-likeness (QED) is 0.635. The largest absolute Gasteiger partial charge is 0.263 e. The molecule has 0 saturated heterocycles. The van der Waals surface area contributed by atoms with Crippen LogP contribution in [0.4, 0.5) is 8.78 Å². The molecule has 2 aromatic rings. The lowest BCUT2D eigenvalue weighted by molar-refractivity contribution is 0.151. The third-order valence-corrected chi connectivity index (χ3v) is 3.12. The molecule has 1 atom stereocenters. The maximum Gasteiger partial charge on any atom is 0.263 e. The zero-order valence-electron chi connectivity index (χ0n) is 9.91. The molecule has 0 aliphatic heterocycles. The van der Waals surface area contributed by atoms with Gasteiger partial charge in [-0.25, -0.2) is 8.78 Å². The normalized spacial score (nSPS) is 12.7. The van der Waals surface area contributed by atoms with Crippen LogP contribution in [0, 0.1) is 0 Å². The summed E-state index contributed by atoms with van der Waals surface area (Å²) in [5.74, 6) is 0. The molecule has 0 aromatic heterocycles. The fourth-order valence-electron chi connectivity index (χ4n) is 1.76. The summed E-state index contributed by atoms with van der Waals surface area (Å²) in [6.45, 7) is 1.91. The molecule has 0 radical (unpaired) electrons. The van der Waals surface area contributed by atoms with Crippen LogP contribution in [-0.2, 0) is 0 Å². The molecule has 0 saturated carbocycles. The molecule has 0 amide bonds. The van der Waals surface area contributed by atoms with Crippen molar-refractivity contribution in [1.29, 1.82) is 0 Å². The van der Waals surface area contributed by atoms with Crippen LogP contribution in [0.2, 0.25) is 0 Å². The van der Waals surface area contributed by atoms with Gasteiger partial charge in [-0.05, 0) is 23.6 Å². The maximum atomic E-state index is 12.4. The standard InChI is InChI=1S/C15H13ClF2/c1-10(16)11-2-4-12(5-3-11)13-6-8-14(9-7-13)15(17)18/h2-10,15H,1H3. The van der Waals surface area contributed by atoms with Crippen LogP contribution in [0.5, 0.6) is 0 Å². The van der Waals surface area contributed by atoms with Crippen molar-refractivity contribution in [2.45, 2.75) is 18.7 Å². The Bertz CT molecular complexity index is 452. The first kappa shape index (κ1) is 13.0. The molecule has 3 heteroatoms. The molecule has 2 aromatic carbocycles. The Morgan fingerprint density at radius 3 is 1.50 bits per heavy atom. The zero-order valence-corrected chi connectivity index (χ0v) is 10.7. The minimum atomic E-state index is -2.42. The highest BCUT2D eigenvalue weighted by molar-refractivity contribution is 6.20. The van der Waals surface area contributed by atoms with Gasteiger partial charge in [-0.2, -0.15) is 0 Å². The first-order valence-corrected chi connectivity index (χ1v) is 6.14. The highest BCUT2D eigenvalue weighted by Gasteiger charge is 2.07. The highest BCUT2D eigenvalue weighted by atomic mass is 35.5. The second-order valence-electron chi connectivity index (χ2n) is 4.16. The summed E-state index contributed by atoms with van der Waals surface area (Å²) in [4.78, 5) is 0. The van der Waals surface area contributed by atoms with Gasteiger partial charge in [-0.1, -0.05) is 48.5 Å². The van der Waals surface area contributed by atoms with Gasteiger partial charge < -0.3 is 0 Å². The van der Waals surface area contributed by atoms with Gasteiger partial charge in [0.2, 0.25) is 0 Å². The van der Waals surface area contributed by atoms with E-state index in [-0.39, 0.29) is 10.9 Å². The van der Waals surface area contributed by atoms with E-state index in [1.54, 1.807) is 12.1 Å².